The SMILES string of the molecule is CC1(C)CC(=O)C2=C(C1)Nc1nc(=S)[nH]c(N)c1C2c1ccccc1Br. The highest BCUT2D eigenvalue weighted by Crippen LogP contribution is 2.50. The summed E-state index contributed by atoms with van der Waals surface area (Å²) in [5.74, 6) is 0.950. The van der Waals surface area contributed by atoms with Gasteiger partial charge in [0, 0.05) is 33.6 Å². The molecule has 0 amide bonds. The number of nitrogens with two attached hydrogens (primary N) is 1. The van der Waals surface area contributed by atoms with Crippen molar-refractivity contribution in [3.8, 4) is 0 Å². The van der Waals surface area contributed by atoms with Crippen LogP contribution in [0.5, 0.6) is 0 Å². The Labute approximate surface area is 165 Å². The van der Waals surface area contributed by atoms with Crippen molar-refractivity contribution in [2.75, 3.05) is 11.1 Å². The smallest absolute Gasteiger partial charge is 0.200 e. The topological polar surface area (TPSA) is 83.8 Å². The lowest BCUT2D eigenvalue weighted by Gasteiger charge is -2.39. The Morgan fingerprint density at radius 3 is 2.77 bits per heavy atom. The van der Waals surface area contributed by atoms with Crippen LogP contribution in [0, 0.1) is 10.2 Å². The molecule has 2 heterocycles. The number of anilines is 2. The zero-order chi connectivity index (χ0) is 18.6. The molecule has 2 aliphatic rings. The first kappa shape index (κ1) is 17.4. The lowest BCUT2D eigenvalue weighted by molar-refractivity contribution is -0.118. The molecular formula is C19H19BrN4OS. The third-order valence-electron chi connectivity index (χ3n) is 4.98. The maximum atomic E-state index is 13.1. The average Bonchev–Trinajstić information content (AvgIpc) is 2.52. The average molecular weight is 431 g/mol. The minimum absolute atomic E-state index is 0.0951. The predicted octanol–water partition coefficient (Wildman–Crippen LogP) is 4.68. The van der Waals surface area contributed by atoms with E-state index in [1.54, 1.807) is 0 Å². The number of carbonyl (C=O) groups is 1. The fraction of sp³-hybridized carbons (Fsp3) is 0.316. The van der Waals surface area contributed by atoms with Crippen molar-refractivity contribution in [1.82, 2.24) is 9.97 Å². The number of H-pyrrole nitrogens is 1. The molecule has 7 heteroatoms. The first-order chi connectivity index (χ1) is 12.3. The van der Waals surface area contributed by atoms with Crippen LogP contribution in [0.4, 0.5) is 11.6 Å². The summed E-state index contributed by atoms with van der Waals surface area (Å²) < 4.78 is 1.26. The van der Waals surface area contributed by atoms with Gasteiger partial charge in [0.15, 0.2) is 10.6 Å². The maximum absolute atomic E-state index is 13.1. The Morgan fingerprint density at radius 2 is 2.04 bits per heavy atom. The van der Waals surface area contributed by atoms with Gasteiger partial charge >= 0.3 is 0 Å². The molecule has 2 aromatic rings. The molecule has 1 aliphatic carbocycles. The highest BCUT2D eigenvalue weighted by molar-refractivity contribution is 9.10. The molecule has 134 valence electrons. The van der Waals surface area contributed by atoms with E-state index in [2.05, 4.69) is 45.1 Å². The Balaban J connectivity index is 2.02. The van der Waals surface area contributed by atoms with Crippen LogP contribution in [0.2, 0.25) is 0 Å². The number of nitrogens with one attached hydrogen (secondary N) is 2. The number of aromatic amines is 1. The largest absolute Gasteiger partial charge is 0.385 e. The number of hydrogen-bond donors (Lipinski definition) is 3. The molecule has 0 bridgehead atoms. The number of carbonyl (C=O) groups excluding carboxylic acids is 1. The quantitative estimate of drug-likeness (QED) is 0.571. The summed E-state index contributed by atoms with van der Waals surface area (Å²) in [4.78, 5) is 20.5. The third kappa shape index (κ3) is 2.79. The molecule has 4 N–H and O–H groups in total. The van der Waals surface area contributed by atoms with E-state index in [1.165, 1.54) is 0 Å². The zero-order valence-corrected chi connectivity index (χ0v) is 16.9. The van der Waals surface area contributed by atoms with Gasteiger partial charge in [-0.05, 0) is 35.7 Å². The molecule has 0 saturated carbocycles. The van der Waals surface area contributed by atoms with Crippen molar-refractivity contribution in [3.63, 3.8) is 0 Å². The van der Waals surface area contributed by atoms with E-state index in [-0.39, 0.29) is 17.1 Å². The summed E-state index contributed by atoms with van der Waals surface area (Å²) in [5.41, 5.74) is 9.67. The summed E-state index contributed by atoms with van der Waals surface area (Å²) in [6.45, 7) is 4.22. The van der Waals surface area contributed by atoms with E-state index < -0.39 is 0 Å². The lowest BCUT2D eigenvalue weighted by atomic mass is 9.69. The van der Waals surface area contributed by atoms with Gasteiger partial charge in [-0.25, -0.2) is 4.98 Å². The molecule has 0 saturated heterocycles. The number of nitrogen functional groups attached to an aromatic ring is 1. The normalized spacial score (nSPS) is 21.0. The maximum Gasteiger partial charge on any atom is 0.200 e. The second-order valence-electron chi connectivity index (χ2n) is 7.63. The minimum Gasteiger partial charge on any atom is -0.385 e. The highest BCUT2D eigenvalue weighted by atomic mass is 79.9. The third-order valence-corrected chi connectivity index (χ3v) is 5.90. The summed E-state index contributed by atoms with van der Waals surface area (Å²) in [5, 5.41) is 3.35. The van der Waals surface area contributed by atoms with Gasteiger partial charge in [0.25, 0.3) is 0 Å². The molecule has 5 nitrogen and oxygen atoms in total. The number of hydrogen-bond acceptors (Lipinski definition) is 5. The molecule has 1 aromatic carbocycles. The molecule has 4 rings (SSSR count). The van der Waals surface area contributed by atoms with Crippen LogP contribution in [-0.4, -0.2) is 15.8 Å². The van der Waals surface area contributed by atoms with Crippen molar-refractivity contribution < 1.29 is 4.79 Å². The second kappa shape index (κ2) is 6.03. The van der Waals surface area contributed by atoms with E-state index in [0.717, 1.165) is 33.3 Å². The summed E-state index contributed by atoms with van der Waals surface area (Å²) in [6, 6.07) is 7.91. The first-order valence-corrected chi connectivity index (χ1v) is 9.64. The van der Waals surface area contributed by atoms with Crippen LogP contribution in [0.15, 0.2) is 40.0 Å². The number of aromatic nitrogens is 2. The fourth-order valence-corrected chi connectivity index (χ4v) is 4.69. The molecule has 0 spiro atoms. The summed E-state index contributed by atoms with van der Waals surface area (Å²) >= 11 is 8.84. The highest BCUT2D eigenvalue weighted by Gasteiger charge is 2.42. The molecule has 26 heavy (non-hydrogen) atoms. The lowest BCUT2D eigenvalue weighted by Crippen LogP contribution is -2.34. The van der Waals surface area contributed by atoms with Gasteiger partial charge in [-0.15, -0.1) is 0 Å². The molecule has 1 atom stereocenters. The van der Waals surface area contributed by atoms with Gasteiger partial charge < -0.3 is 16.0 Å². The van der Waals surface area contributed by atoms with E-state index >= 15 is 0 Å². The number of Topliss-reactive ketones (excluding diaryl/α,β-unsaturated/α-hetero) is 1. The summed E-state index contributed by atoms with van der Waals surface area (Å²) in [6.07, 6.45) is 1.29. The van der Waals surface area contributed by atoms with Gasteiger partial charge in [-0.2, -0.15) is 0 Å². The number of benzene rings is 1. The molecule has 1 aromatic heterocycles. The molecule has 1 aliphatic heterocycles. The van der Waals surface area contributed by atoms with Crippen molar-refractivity contribution in [3.05, 3.63) is 55.9 Å². The van der Waals surface area contributed by atoms with Gasteiger partial charge in [0.05, 0.1) is 0 Å². The van der Waals surface area contributed by atoms with Crippen molar-refractivity contribution in [2.24, 2.45) is 5.41 Å². The molecule has 0 radical (unpaired) electrons. The number of ketones is 1. The molecular weight excluding hydrogens is 412 g/mol. The van der Waals surface area contributed by atoms with Crippen LogP contribution >= 0.6 is 28.1 Å². The Kier molecular flexibility index (Phi) is 4.04. The van der Waals surface area contributed by atoms with Gasteiger partial charge in [0.1, 0.15) is 11.6 Å². The number of fused-ring (bicyclic) bond motifs is 1. The number of nitrogens with zero attached hydrogens (tertiary/aromatic N) is 1. The zero-order valence-electron chi connectivity index (χ0n) is 14.5. The van der Waals surface area contributed by atoms with Crippen molar-refractivity contribution in [2.45, 2.75) is 32.6 Å². The predicted molar refractivity (Wildman–Crippen MR) is 108 cm³/mol. The minimum atomic E-state index is -0.278. The van der Waals surface area contributed by atoms with Crippen LogP contribution in [0.25, 0.3) is 0 Å². The van der Waals surface area contributed by atoms with E-state index in [0.29, 0.717) is 22.8 Å². The van der Waals surface area contributed by atoms with E-state index in [1.807, 2.05) is 24.3 Å². The number of halogens is 1. The Bertz CT molecular complexity index is 1020. The monoisotopic (exact) mass is 430 g/mol. The van der Waals surface area contributed by atoms with Crippen LogP contribution < -0.4 is 11.1 Å². The number of rotatable bonds is 1. The van der Waals surface area contributed by atoms with Gasteiger partial charge in [0.2, 0.25) is 0 Å². The summed E-state index contributed by atoms with van der Waals surface area (Å²) in [7, 11) is 0. The van der Waals surface area contributed by atoms with E-state index in [4.69, 9.17) is 18.0 Å². The van der Waals surface area contributed by atoms with Crippen LogP contribution in [-0.2, 0) is 4.79 Å². The first-order valence-electron chi connectivity index (χ1n) is 8.44. The van der Waals surface area contributed by atoms with Gasteiger partial charge in [-0.1, -0.05) is 48.0 Å². The van der Waals surface area contributed by atoms with Gasteiger partial charge in [-0.3, -0.25) is 4.79 Å². The van der Waals surface area contributed by atoms with E-state index in [9.17, 15) is 4.79 Å². The standard InChI is InChI=1S/C19H19BrN4OS/c1-19(2)7-11-14(12(25)8-19)13(9-5-3-4-6-10(9)20)15-16(21)23-18(26)24-17(15)22-11/h3-6,13H,7-8H2,1-2H3,(H4,21,22,23,24,26). The second-order valence-corrected chi connectivity index (χ2v) is 8.87. The van der Waals surface area contributed by atoms with Crippen molar-refractivity contribution in [1.29, 1.82) is 0 Å². The van der Waals surface area contributed by atoms with Crippen LogP contribution in [0.3, 0.4) is 0 Å². The Morgan fingerprint density at radius 1 is 1.31 bits per heavy atom. The fourth-order valence-electron chi connectivity index (χ4n) is 3.98. The number of allylic oxidation sites excluding steroid dienone is 2. The van der Waals surface area contributed by atoms with Crippen molar-refractivity contribution >= 4 is 45.6 Å². The van der Waals surface area contributed by atoms with Crippen LogP contribution in [0.1, 0.15) is 43.7 Å². The molecule has 0 fully saturated rings. The Hall–Kier alpha value is -1.99. The molecule has 1 unspecified atom stereocenters.